The zero-order chi connectivity index (χ0) is 18.2. The molecule has 1 atom stereocenters. The molecule has 0 saturated carbocycles. The van der Waals surface area contributed by atoms with E-state index in [1.54, 1.807) is 0 Å². The number of alkyl halides is 5. The van der Waals surface area contributed by atoms with E-state index in [2.05, 4.69) is 20.2 Å². The number of hydrogen-bond acceptors (Lipinski definition) is 5. The molecule has 0 spiro atoms. The second-order valence-corrected chi connectivity index (χ2v) is 5.54. The molecule has 0 aliphatic rings. The fraction of sp³-hybridized carbons (Fsp3) is 0.286. The Kier molecular flexibility index (Phi) is 4.46. The minimum atomic E-state index is -3.70. The first kappa shape index (κ1) is 17.3. The van der Waals surface area contributed by atoms with Crippen molar-refractivity contribution in [2.45, 2.75) is 24.8 Å². The number of hydrogen-bond donors (Lipinski definition) is 0. The third kappa shape index (κ3) is 3.63. The predicted molar refractivity (Wildman–Crippen MR) is 79.9 cm³/mol. The molecular weight excluding hydrogens is 366 g/mol. The molecule has 11 heteroatoms. The summed E-state index contributed by atoms with van der Waals surface area (Å²) in [5.74, 6) is -0.735. The highest BCUT2D eigenvalue weighted by atomic mass is 35.5. The van der Waals surface area contributed by atoms with Gasteiger partial charge >= 0.3 is 5.38 Å². The number of pyridine rings is 1. The molecule has 0 aliphatic heterocycles. The van der Waals surface area contributed by atoms with Gasteiger partial charge in [-0.1, -0.05) is 0 Å². The van der Waals surface area contributed by atoms with Crippen LogP contribution in [0.3, 0.4) is 0 Å². The summed E-state index contributed by atoms with van der Waals surface area (Å²) in [6, 6.07) is 2.89. The summed E-state index contributed by atoms with van der Waals surface area (Å²) >= 11 is 5.00. The summed E-state index contributed by atoms with van der Waals surface area (Å²) in [6.07, 6.45) is -0.101. The Hall–Kier alpha value is -2.49. The number of aromatic nitrogens is 5. The van der Waals surface area contributed by atoms with Crippen LogP contribution in [0.15, 0.2) is 30.7 Å². The van der Waals surface area contributed by atoms with Crippen molar-refractivity contribution in [2.75, 3.05) is 0 Å². The van der Waals surface area contributed by atoms with Crippen LogP contribution < -0.4 is 4.74 Å². The van der Waals surface area contributed by atoms with Gasteiger partial charge in [0.2, 0.25) is 11.7 Å². The van der Waals surface area contributed by atoms with Gasteiger partial charge in [-0.3, -0.25) is 9.38 Å². The first-order valence-corrected chi connectivity index (χ1v) is 7.32. The first-order chi connectivity index (χ1) is 11.8. The molecule has 0 amide bonds. The lowest BCUT2D eigenvalue weighted by molar-refractivity contribution is 0.0201. The van der Waals surface area contributed by atoms with Gasteiger partial charge < -0.3 is 4.74 Å². The number of ether oxygens (including phenoxy) is 1. The first-order valence-electron chi connectivity index (χ1n) is 6.95. The zero-order valence-corrected chi connectivity index (χ0v) is 13.3. The van der Waals surface area contributed by atoms with E-state index in [0.717, 1.165) is 4.40 Å². The summed E-state index contributed by atoms with van der Waals surface area (Å²) in [5.41, 5.74) is 0.838. The fourth-order valence-corrected chi connectivity index (χ4v) is 2.12. The summed E-state index contributed by atoms with van der Waals surface area (Å²) in [7, 11) is 0. The van der Waals surface area contributed by atoms with Crippen LogP contribution in [0.2, 0.25) is 0 Å². The van der Waals surface area contributed by atoms with E-state index in [1.807, 2.05) is 0 Å². The predicted octanol–water partition coefficient (Wildman–Crippen LogP) is 3.51. The van der Waals surface area contributed by atoms with E-state index in [1.165, 1.54) is 37.6 Å². The Morgan fingerprint density at radius 2 is 1.92 bits per heavy atom. The second-order valence-electron chi connectivity index (χ2n) is 5.06. The standard InChI is InChI=1S/C14H10ClF4N5O/c1-7(12(16)17)25-11-3-2-8(4-21-11)9-6-24-10(5-20-9)22-23-13(24)14(15,18)19/h2-7,12H,1H3. The highest BCUT2D eigenvalue weighted by molar-refractivity contribution is 6.21. The van der Waals surface area contributed by atoms with Crippen LogP contribution in [0.25, 0.3) is 16.9 Å². The Morgan fingerprint density at radius 1 is 1.16 bits per heavy atom. The fourth-order valence-electron chi connectivity index (χ4n) is 1.99. The quantitative estimate of drug-likeness (QED) is 0.504. The van der Waals surface area contributed by atoms with Gasteiger partial charge in [-0.25, -0.2) is 13.8 Å². The maximum absolute atomic E-state index is 13.3. The van der Waals surface area contributed by atoms with E-state index < -0.39 is 23.7 Å². The molecule has 25 heavy (non-hydrogen) atoms. The molecule has 132 valence electrons. The Morgan fingerprint density at radius 3 is 2.52 bits per heavy atom. The summed E-state index contributed by atoms with van der Waals surface area (Å²) < 4.78 is 57.5. The number of nitrogens with zero attached hydrogens (tertiary/aromatic N) is 5. The van der Waals surface area contributed by atoms with Crippen molar-refractivity contribution in [1.29, 1.82) is 0 Å². The van der Waals surface area contributed by atoms with Gasteiger partial charge in [-0.05, 0) is 24.6 Å². The highest BCUT2D eigenvalue weighted by Gasteiger charge is 2.34. The van der Waals surface area contributed by atoms with Crippen molar-refractivity contribution < 1.29 is 22.3 Å². The van der Waals surface area contributed by atoms with Crippen LogP contribution >= 0.6 is 11.6 Å². The number of rotatable bonds is 5. The number of halogens is 5. The molecule has 0 saturated heterocycles. The van der Waals surface area contributed by atoms with E-state index in [9.17, 15) is 17.6 Å². The Labute approximate surface area is 143 Å². The van der Waals surface area contributed by atoms with E-state index in [0.29, 0.717) is 5.56 Å². The van der Waals surface area contributed by atoms with Crippen LogP contribution in [0.5, 0.6) is 5.88 Å². The van der Waals surface area contributed by atoms with Gasteiger partial charge in [-0.2, -0.15) is 8.78 Å². The summed E-state index contributed by atoms with van der Waals surface area (Å²) in [4.78, 5) is 7.99. The van der Waals surface area contributed by atoms with Crippen LogP contribution in [0.1, 0.15) is 12.7 Å². The van der Waals surface area contributed by atoms with Crippen molar-refractivity contribution in [3.8, 4) is 17.1 Å². The van der Waals surface area contributed by atoms with E-state index in [4.69, 9.17) is 16.3 Å². The van der Waals surface area contributed by atoms with Crippen LogP contribution in [0.4, 0.5) is 17.6 Å². The molecule has 3 aromatic heterocycles. The Balaban J connectivity index is 1.91. The lowest BCUT2D eigenvalue weighted by atomic mass is 10.2. The lowest BCUT2D eigenvalue weighted by Gasteiger charge is -2.12. The molecule has 1 unspecified atom stereocenters. The normalized spacial score (nSPS) is 13.4. The third-order valence-corrected chi connectivity index (χ3v) is 3.41. The minimum Gasteiger partial charge on any atom is -0.469 e. The monoisotopic (exact) mass is 375 g/mol. The van der Waals surface area contributed by atoms with Crippen molar-refractivity contribution in [3.63, 3.8) is 0 Å². The molecular formula is C14H10ClF4N5O. The SMILES string of the molecule is CC(Oc1ccc(-c2cn3c(C(F)(F)Cl)nnc3cn2)cn1)C(F)F. The molecule has 3 rings (SSSR count). The third-order valence-electron chi connectivity index (χ3n) is 3.24. The maximum Gasteiger partial charge on any atom is 0.382 e. The molecule has 0 fully saturated rings. The molecule has 3 aromatic rings. The van der Waals surface area contributed by atoms with Gasteiger partial charge in [0, 0.05) is 24.0 Å². The van der Waals surface area contributed by atoms with Gasteiger partial charge in [0.15, 0.2) is 11.8 Å². The highest BCUT2D eigenvalue weighted by Crippen LogP contribution is 2.31. The molecule has 0 bridgehead atoms. The average molecular weight is 376 g/mol. The van der Waals surface area contributed by atoms with Crippen molar-refractivity contribution >= 4 is 17.2 Å². The topological polar surface area (TPSA) is 65.2 Å². The Bertz CT molecular complexity index is 881. The van der Waals surface area contributed by atoms with Gasteiger partial charge in [0.1, 0.15) is 0 Å². The molecule has 0 N–H and O–H groups in total. The van der Waals surface area contributed by atoms with Gasteiger partial charge in [0.05, 0.1) is 11.9 Å². The number of fused-ring (bicyclic) bond motifs is 1. The molecule has 3 heterocycles. The van der Waals surface area contributed by atoms with E-state index >= 15 is 0 Å². The minimum absolute atomic E-state index is 0.00917. The summed E-state index contributed by atoms with van der Waals surface area (Å²) in [5, 5.41) is 3.22. The van der Waals surface area contributed by atoms with Gasteiger partial charge in [-0.15, -0.1) is 10.2 Å². The van der Waals surface area contributed by atoms with Crippen LogP contribution in [-0.4, -0.2) is 37.1 Å². The molecule has 0 radical (unpaired) electrons. The van der Waals surface area contributed by atoms with Crippen molar-refractivity contribution in [2.24, 2.45) is 0 Å². The summed E-state index contributed by atoms with van der Waals surface area (Å²) in [6.45, 7) is 1.22. The van der Waals surface area contributed by atoms with Crippen LogP contribution in [0, 0.1) is 0 Å². The maximum atomic E-state index is 13.3. The molecule has 0 aliphatic carbocycles. The van der Waals surface area contributed by atoms with Crippen molar-refractivity contribution in [3.05, 3.63) is 36.5 Å². The van der Waals surface area contributed by atoms with E-state index in [-0.39, 0.29) is 17.2 Å². The smallest absolute Gasteiger partial charge is 0.382 e. The molecule has 0 aromatic carbocycles. The van der Waals surface area contributed by atoms with Crippen molar-refractivity contribution in [1.82, 2.24) is 24.6 Å². The lowest BCUT2D eigenvalue weighted by Crippen LogP contribution is -2.21. The average Bonchev–Trinajstić information content (AvgIpc) is 2.98. The van der Waals surface area contributed by atoms with Gasteiger partial charge in [0.25, 0.3) is 6.43 Å². The largest absolute Gasteiger partial charge is 0.469 e. The second kappa shape index (κ2) is 6.43. The molecule has 6 nitrogen and oxygen atoms in total. The van der Waals surface area contributed by atoms with Crippen LogP contribution in [-0.2, 0) is 5.38 Å². The zero-order valence-electron chi connectivity index (χ0n) is 12.6.